The van der Waals surface area contributed by atoms with Crippen LogP contribution in [0.5, 0.6) is 0 Å². The Morgan fingerprint density at radius 1 is 1.32 bits per heavy atom. The van der Waals surface area contributed by atoms with Crippen molar-refractivity contribution in [2.75, 3.05) is 13.1 Å². The van der Waals surface area contributed by atoms with Crippen LogP contribution >= 0.6 is 0 Å². The monoisotopic (exact) mass is 283 g/mol. The second kappa shape index (κ2) is 7.69. The van der Waals surface area contributed by atoms with Crippen LogP contribution in [0.3, 0.4) is 0 Å². The van der Waals surface area contributed by atoms with Gasteiger partial charge in [-0.05, 0) is 26.8 Å². The summed E-state index contributed by atoms with van der Waals surface area (Å²) in [6.07, 6.45) is -4.24. The molecule has 0 aliphatic heterocycles. The number of hydrogen-bond acceptors (Lipinski definition) is 3. The van der Waals surface area contributed by atoms with Crippen molar-refractivity contribution in [3.05, 3.63) is 0 Å². The summed E-state index contributed by atoms with van der Waals surface area (Å²) < 4.78 is 39.2. The minimum Gasteiger partial charge on any atom is -0.353 e. The van der Waals surface area contributed by atoms with Gasteiger partial charge >= 0.3 is 6.18 Å². The van der Waals surface area contributed by atoms with Crippen molar-refractivity contribution in [2.24, 2.45) is 5.73 Å². The molecule has 2 atom stereocenters. The highest BCUT2D eigenvalue weighted by atomic mass is 19.4. The lowest BCUT2D eigenvalue weighted by Crippen LogP contribution is -2.58. The quantitative estimate of drug-likeness (QED) is 0.744. The first-order valence-electron chi connectivity index (χ1n) is 6.49. The van der Waals surface area contributed by atoms with Crippen molar-refractivity contribution in [1.82, 2.24) is 10.2 Å². The Kier molecular flexibility index (Phi) is 7.36. The molecule has 0 bridgehead atoms. The van der Waals surface area contributed by atoms with E-state index in [2.05, 4.69) is 5.32 Å². The Bertz CT molecular complexity index is 282. The maximum absolute atomic E-state index is 13.1. The Balaban J connectivity index is 4.90. The molecule has 4 nitrogen and oxygen atoms in total. The molecule has 2 unspecified atom stereocenters. The Morgan fingerprint density at radius 2 is 1.84 bits per heavy atom. The summed E-state index contributed by atoms with van der Waals surface area (Å²) in [5.74, 6) is -0.422. The van der Waals surface area contributed by atoms with E-state index in [4.69, 9.17) is 5.73 Å². The van der Waals surface area contributed by atoms with Crippen molar-refractivity contribution in [3.63, 3.8) is 0 Å². The molecule has 0 fully saturated rings. The predicted molar refractivity (Wildman–Crippen MR) is 68.6 cm³/mol. The van der Waals surface area contributed by atoms with Crippen LogP contribution in [-0.4, -0.2) is 48.2 Å². The highest BCUT2D eigenvalue weighted by Gasteiger charge is 2.46. The number of nitrogens with zero attached hydrogens (tertiary/aromatic N) is 1. The van der Waals surface area contributed by atoms with E-state index in [1.54, 1.807) is 27.7 Å². The van der Waals surface area contributed by atoms with Gasteiger partial charge in [0.15, 0.2) is 0 Å². The third-order valence-corrected chi connectivity index (χ3v) is 2.81. The summed E-state index contributed by atoms with van der Waals surface area (Å²) in [5.41, 5.74) is 5.56. The number of hydrogen-bond donors (Lipinski definition) is 2. The summed E-state index contributed by atoms with van der Waals surface area (Å²) in [4.78, 5) is 12.7. The van der Waals surface area contributed by atoms with Gasteiger partial charge in [0.1, 0.15) is 6.04 Å². The lowest BCUT2D eigenvalue weighted by molar-refractivity contribution is -0.189. The largest absolute Gasteiger partial charge is 0.405 e. The molecule has 0 aromatic rings. The van der Waals surface area contributed by atoms with Crippen LogP contribution in [0.1, 0.15) is 34.1 Å². The van der Waals surface area contributed by atoms with Gasteiger partial charge in [0.05, 0.1) is 6.54 Å². The first-order chi connectivity index (χ1) is 8.63. The van der Waals surface area contributed by atoms with Crippen molar-refractivity contribution in [1.29, 1.82) is 0 Å². The van der Waals surface area contributed by atoms with Gasteiger partial charge in [-0.3, -0.25) is 9.69 Å². The van der Waals surface area contributed by atoms with Crippen molar-refractivity contribution < 1.29 is 18.0 Å². The molecule has 0 aliphatic rings. The Hall–Kier alpha value is -0.820. The minimum absolute atomic E-state index is 0.101. The van der Waals surface area contributed by atoms with Crippen molar-refractivity contribution in [3.8, 4) is 0 Å². The smallest absolute Gasteiger partial charge is 0.353 e. The van der Waals surface area contributed by atoms with Gasteiger partial charge in [-0.25, -0.2) is 0 Å². The molecule has 19 heavy (non-hydrogen) atoms. The van der Waals surface area contributed by atoms with E-state index in [-0.39, 0.29) is 25.6 Å². The number of likely N-dealkylation sites (N-methyl/N-ethyl adjacent to an activating group) is 1. The lowest BCUT2D eigenvalue weighted by atomic mass is 10.0. The molecule has 0 aromatic heterocycles. The fraction of sp³-hybridized carbons (Fsp3) is 0.917. The van der Waals surface area contributed by atoms with E-state index in [9.17, 15) is 18.0 Å². The van der Waals surface area contributed by atoms with E-state index in [0.29, 0.717) is 0 Å². The van der Waals surface area contributed by atoms with Gasteiger partial charge in [0.25, 0.3) is 0 Å². The first-order valence-corrected chi connectivity index (χ1v) is 6.49. The zero-order chi connectivity index (χ0) is 15.2. The van der Waals surface area contributed by atoms with Crippen LogP contribution < -0.4 is 11.1 Å². The summed E-state index contributed by atoms with van der Waals surface area (Å²) in [6.45, 7) is 6.52. The molecule has 0 radical (unpaired) electrons. The number of alkyl halides is 3. The molecule has 0 aliphatic carbocycles. The van der Waals surface area contributed by atoms with E-state index in [1.807, 2.05) is 0 Å². The second-order valence-corrected chi connectivity index (χ2v) is 4.84. The molecule has 0 aromatic carbocycles. The molecule has 0 saturated carbocycles. The van der Waals surface area contributed by atoms with Crippen LogP contribution in [-0.2, 0) is 4.79 Å². The Labute approximate surface area is 112 Å². The topological polar surface area (TPSA) is 58.4 Å². The number of amides is 1. The summed E-state index contributed by atoms with van der Waals surface area (Å²) in [7, 11) is 0. The minimum atomic E-state index is -4.44. The molecule has 7 heteroatoms. The standard InChI is InChI=1S/C12H24F3N3O/c1-5-9(16)11(12(13,14)15)18(6-2)7-10(19)17-8(3)4/h8-9,11H,5-7,16H2,1-4H3,(H,17,19). The van der Waals surface area contributed by atoms with Gasteiger partial charge < -0.3 is 11.1 Å². The summed E-state index contributed by atoms with van der Waals surface area (Å²) >= 11 is 0. The van der Waals surface area contributed by atoms with Gasteiger partial charge in [0, 0.05) is 12.1 Å². The van der Waals surface area contributed by atoms with Crippen LogP contribution in [0.15, 0.2) is 0 Å². The molecule has 0 spiro atoms. The maximum Gasteiger partial charge on any atom is 0.405 e. The lowest BCUT2D eigenvalue weighted by Gasteiger charge is -2.35. The number of nitrogens with one attached hydrogen (secondary N) is 1. The summed E-state index contributed by atoms with van der Waals surface area (Å²) in [5, 5.41) is 2.58. The number of rotatable bonds is 7. The van der Waals surface area contributed by atoms with Gasteiger partial charge in [-0.2, -0.15) is 13.2 Å². The molecule has 3 N–H and O–H groups in total. The van der Waals surface area contributed by atoms with Gasteiger partial charge in [-0.15, -0.1) is 0 Å². The van der Waals surface area contributed by atoms with Crippen molar-refractivity contribution >= 4 is 5.91 Å². The van der Waals surface area contributed by atoms with E-state index in [1.165, 1.54) is 0 Å². The van der Waals surface area contributed by atoms with Crippen molar-refractivity contribution in [2.45, 2.75) is 58.4 Å². The van der Waals surface area contributed by atoms with Crippen LogP contribution in [0, 0.1) is 0 Å². The van der Waals surface area contributed by atoms with E-state index < -0.39 is 24.2 Å². The predicted octanol–water partition coefficient (Wildman–Crippen LogP) is 1.50. The molecule has 0 rings (SSSR count). The first kappa shape index (κ1) is 18.2. The zero-order valence-corrected chi connectivity index (χ0v) is 11.9. The highest BCUT2D eigenvalue weighted by Crippen LogP contribution is 2.27. The van der Waals surface area contributed by atoms with Crippen LogP contribution in [0.4, 0.5) is 13.2 Å². The van der Waals surface area contributed by atoms with E-state index in [0.717, 1.165) is 4.90 Å². The van der Waals surface area contributed by atoms with Gasteiger partial charge in [0.2, 0.25) is 5.91 Å². The Morgan fingerprint density at radius 3 is 2.16 bits per heavy atom. The van der Waals surface area contributed by atoms with E-state index >= 15 is 0 Å². The molecular formula is C12H24F3N3O. The highest BCUT2D eigenvalue weighted by molar-refractivity contribution is 5.78. The number of carbonyl (C=O) groups excluding carboxylic acids is 1. The average Bonchev–Trinajstić information content (AvgIpc) is 2.24. The molecule has 1 amide bonds. The zero-order valence-electron chi connectivity index (χ0n) is 11.9. The fourth-order valence-corrected chi connectivity index (χ4v) is 1.90. The summed E-state index contributed by atoms with van der Waals surface area (Å²) in [6, 6.07) is -2.93. The molecule has 114 valence electrons. The average molecular weight is 283 g/mol. The molecular weight excluding hydrogens is 259 g/mol. The fourth-order valence-electron chi connectivity index (χ4n) is 1.90. The number of halogens is 3. The SMILES string of the molecule is CCC(N)C(N(CC)CC(=O)NC(C)C)C(F)(F)F. The maximum atomic E-state index is 13.1. The van der Waals surface area contributed by atoms with Crippen LogP contribution in [0.25, 0.3) is 0 Å². The van der Waals surface area contributed by atoms with Crippen LogP contribution in [0.2, 0.25) is 0 Å². The van der Waals surface area contributed by atoms with Gasteiger partial charge in [-0.1, -0.05) is 13.8 Å². The molecule has 0 heterocycles. The number of carbonyl (C=O) groups is 1. The normalized spacial score (nSPS) is 15.7. The second-order valence-electron chi connectivity index (χ2n) is 4.84. The molecule has 0 saturated heterocycles. The number of nitrogens with two attached hydrogens (primary N) is 1. The third-order valence-electron chi connectivity index (χ3n) is 2.81. The third kappa shape index (κ3) is 6.24.